The van der Waals surface area contributed by atoms with Gasteiger partial charge in [-0.25, -0.2) is 0 Å². The molecule has 1 saturated carbocycles. The summed E-state index contributed by atoms with van der Waals surface area (Å²) in [4.78, 5) is 82.5. The summed E-state index contributed by atoms with van der Waals surface area (Å²) in [6.45, 7) is 10.0. The Morgan fingerprint density at radius 2 is 1.63 bits per heavy atom. The number of rotatable bonds is 21. The van der Waals surface area contributed by atoms with E-state index >= 15 is 0 Å². The predicted octanol–water partition coefficient (Wildman–Crippen LogP) is 2.49. The second-order valence-electron chi connectivity index (χ2n) is 15.9. The molecule has 316 valence electrons. The summed E-state index contributed by atoms with van der Waals surface area (Å²) >= 11 is 3.42. The molecule has 0 aromatic heterocycles. The summed E-state index contributed by atoms with van der Waals surface area (Å²) in [6.07, 6.45) is 7.88. The van der Waals surface area contributed by atoms with Crippen LogP contribution in [0.4, 0.5) is 0 Å². The normalized spacial score (nSPS) is 17.9. The van der Waals surface area contributed by atoms with E-state index in [1.54, 1.807) is 25.7 Å². The second kappa shape index (κ2) is 22.9. The number of carbonyl (C=O) groups is 6. The van der Waals surface area contributed by atoms with Gasteiger partial charge < -0.3 is 47.7 Å². The molecule has 5 atom stereocenters. The highest BCUT2D eigenvalue weighted by Crippen LogP contribution is 2.28. The molecule has 0 spiro atoms. The number of nitrogens with zero attached hydrogens (tertiary/aromatic N) is 1. The summed E-state index contributed by atoms with van der Waals surface area (Å²) in [6, 6.07) is 2.42. The Labute approximate surface area is 344 Å². The lowest BCUT2D eigenvalue weighted by molar-refractivity contribution is -0.140. The highest BCUT2D eigenvalue weighted by molar-refractivity contribution is 9.10. The standard InChI is InChI=1S/C40H62BrN9O7/c1-5-13-28(35(53)46-29(18-10-21-45-39(43)44)36(54)49-33(34(42)52)40(2,3)4)47-38(56)32(25-14-7-6-8-15-25)48-37(55)30-19-11-22-50(30)31(51)20-12-23-57-27-17-9-16-26(41)24-27/h5,9,16-17,24-25,28-30,32-33H,1,6-8,10-15,18-23H2,2-4H3,(H2,42,52)(H,46,53)(H,47,56)(H,48,55)(H,49,54)(H4,43,44,45)/t28-,29-,30-,32-,33+/m0/s1. The summed E-state index contributed by atoms with van der Waals surface area (Å²) in [5.41, 5.74) is 10.3. The van der Waals surface area contributed by atoms with Crippen LogP contribution in [0.2, 0.25) is 0 Å². The number of guanidine groups is 1. The van der Waals surface area contributed by atoms with E-state index in [0.717, 1.165) is 23.7 Å². The molecule has 17 heteroatoms. The van der Waals surface area contributed by atoms with Crippen molar-refractivity contribution in [1.29, 1.82) is 5.41 Å². The van der Waals surface area contributed by atoms with Crippen LogP contribution in [0.5, 0.6) is 5.75 Å². The third kappa shape index (κ3) is 15.3. The molecule has 2 aliphatic rings. The van der Waals surface area contributed by atoms with Crippen LogP contribution in [0, 0.1) is 16.7 Å². The molecular formula is C40H62BrN9O7. The zero-order chi connectivity index (χ0) is 42.1. The maximum Gasteiger partial charge on any atom is 0.243 e. The van der Waals surface area contributed by atoms with Crippen molar-refractivity contribution in [1.82, 2.24) is 31.5 Å². The average molecular weight is 861 g/mol. The van der Waals surface area contributed by atoms with Gasteiger partial charge in [-0.1, -0.05) is 68.1 Å². The van der Waals surface area contributed by atoms with Gasteiger partial charge in [-0.15, -0.1) is 6.58 Å². The fourth-order valence-corrected chi connectivity index (χ4v) is 7.63. The van der Waals surface area contributed by atoms with Crippen LogP contribution in [0.1, 0.15) is 97.8 Å². The van der Waals surface area contributed by atoms with E-state index in [2.05, 4.69) is 49.1 Å². The van der Waals surface area contributed by atoms with E-state index in [0.29, 0.717) is 57.4 Å². The number of likely N-dealkylation sites (tertiary alicyclic amines) is 1. The Hall–Kier alpha value is -4.67. The molecule has 3 rings (SSSR count). The first-order valence-electron chi connectivity index (χ1n) is 19.9. The first-order valence-corrected chi connectivity index (χ1v) is 20.7. The Kier molecular flexibility index (Phi) is 18.8. The SMILES string of the molecule is C=CC[C@H](NC(=O)[C@@H](NC(=O)[C@@H]1CCCN1C(=O)CCCOc1cccc(Br)c1)C1CCCCC1)C(=O)N[C@@H](CCCNC(=N)N)C(=O)N[C@H](C(N)=O)C(C)(C)C. The Bertz CT molecular complexity index is 1580. The number of carbonyl (C=O) groups excluding carboxylic acids is 6. The van der Waals surface area contributed by atoms with E-state index in [1.165, 1.54) is 6.08 Å². The van der Waals surface area contributed by atoms with Crippen LogP contribution in [0.15, 0.2) is 41.4 Å². The Balaban J connectivity index is 1.72. The van der Waals surface area contributed by atoms with Gasteiger partial charge in [-0.05, 0) is 80.9 Å². The average Bonchev–Trinajstić information content (AvgIpc) is 3.65. The van der Waals surface area contributed by atoms with Crippen LogP contribution in [-0.2, 0) is 28.8 Å². The number of halogens is 1. The monoisotopic (exact) mass is 859 g/mol. The molecule has 1 aromatic carbocycles. The van der Waals surface area contributed by atoms with Crippen LogP contribution < -0.4 is 42.8 Å². The van der Waals surface area contributed by atoms with Crippen molar-refractivity contribution in [3.05, 3.63) is 41.4 Å². The van der Waals surface area contributed by atoms with Crippen molar-refractivity contribution in [3.63, 3.8) is 0 Å². The molecule has 6 amide bonds. The quantitative estimate of drug-likeness (QED) is 0.0391. The molecule has 0 unspecified atom stereocenters. The second-order valence-corrected chi connectivity index (χ2v) is 16.8. The molecule has 2 fully saturated rings. The fraction of sp³-hybridized carbons (Fsp3) is 0.625. The summed E-state index contributed by atoms with van der Waals surface area (Å²) < 4.78 is 6.66. The molecule has 16 nitrogen and oxygen atoms in total. The number of nitrogens with one attached hydrogen (secondary N) is 6. The lowest BCUT2D eigenvalue weighted by Gasteiger charge is -2.33. The van der Waals surface area contributed by atoms with Gasteiger partial charge in [0.1, 0.15) is 36.0 Å². The van der Waals surface area contributed by atoms with Crippen molar-refractivity contribution in [2.45, 2.75) is 128 Å². The maximum absolute atomic E-state index is 14.1. The van der Waals surface area contributed by atoms with Crippen LogP contribution in [0.25, 0.3) is 0 Å². The number of ether oxygens (including phenoxy) is 1. The van der Waals surface area contributed by atoms with Gasteiger partial charge >= 0.3 is 0 Å². The third-order valence-electron chi connectivity index (χ3n) is 10.3. The van der Waals surface area contributed by atoms with Gasteiger partial charge in [0.2, 0.25) is 35.4 Å². The molecule has 1 heterocycles. The number of hydrogen-bond donors (Lipinski definition) is 8. The minimum Gasteiger partial charge on any atom is -0.494 e. The molecule has 1 aliphatic heterocycles. The van der Waals surface area contributed by atoms with E-state index in [1.807, 2.05) is 24.3 Å². The van der Waals surface area contributed by atoms with E-state index in [9.17, 15) is 28.8 Å². The van der Waals surface area contributed by atoms with Gasteiger partial charge in [0.05, 0.1) is 6.61 Å². The number of amides is 6. The van der Waals surface area contributed by atoms with Crippen LogP contribution in [-0.4, -0.2) is 96.2 Å². The first kappa shape index (κ1) is 46.7. The fourth-order valence-electron chi connectivity index (χ4n) is 7.25. The Morgan fingerprint density at radius 1 is 0.947 bits per heavy atom. The molecule has 10 N–H and O–H groups in total. The molecule has 1 saturated heterocycles. The van der Waals surface area contributed by atoms with E-state index in [-0.39, 0.29) is 43.6 Å². The third-order valence-corrected chi connectivity index (χ3v) is 10.8. The largest absolute Gasteiger partial charge is 0.494 e. The molecule has 0 radical (unpaired) electrons. The predicted molar refractivity (Wildman–Crippen MR) is 221 cm³/mol. The molecule has 1 aromatic rings. The molecule has 1 aliphatic carbocycles. The minimum absolute atomic E-state index is 0.0191. The first-order chi connectivity index (χ1) is 27.0. The highest BCUT2D eigenvalue weighted by Gasteiger charge is 2.39. The molecular weight excluding hydrogens is 798 g/mol. The van der Waals surface area contributed by atoms with Crippen molar-refractivity contribution in [2.24, 2.45) is 22.8 Å². The zero-order valence-corrected chi connectivity index (χ0v) is 35.1. The van der Waals surface area contributed by atoms with E-state index in [4.69, 9.17) is 21.6 Å². The summed E-state index contributed by atoms with van der Waals surface area (Å²) in [7, 11) is 0. The summed E-state index contributed by atoms with van der Waals surface area (Å²) in [5, 5.41) is 21.2. The maximum atomic E-state index is 14.1. The van der Waals surface area contributed by atoms with Gasteiger partial charge in [0, 0.05) is 24.0 Å². The van der Waals surface area contributed by atoms with Gasteiger partial charge in [-0.3, -0.25) is 34.2 Å². The Morgan fingerprint density at radius 3 is 2.26 bits per heavy atom. The molecule has 0 bridgehead atoms. The van der Waals surface area contributed by atoms with Crippen LogP contribution in [0.3, 0.4) is 0 Å². The number of benzene rings is 1. The minimum atomic E-state index is -1.15. The lowest BCUT2D eigenvalue weighted by Crippen LogP contribution is -2.61. The lowest BCUT2D eigenvalue weighted by atomic mass is 9.83. The van der Waals surface area contributed by atoms with Crippen LogP contribution >= 0.6 is 15.9 Å². The van der Waals surface area contributed by atoms with Gasteiger partial charge in [0.25, 0.3) is 0 Å². The molecule has 57 heavy (non-hydrogen) atoms. The van der Waals surface area contributed by atoms with Crippen molar-refractivity contribution >= 4 is 57.3 Å². The number of primary amides is 1. The topological polar surface area (TPSA) is 251 Å². The van der Waals surface area contributed by atoms with E-state index < -0.39 is 65.2 Å². The summed E-state index contributed by atoms with van der Waals surface area (Å²) in [5.74, 6) is -2.92. The van der Waals surface area contributed by atoms with Crippen molar-refractivity contribution in [3.8, 4) is 5.75 Å². The van der Waals surface area contributed by atoms with Gasteiger partial charge in [-0.2, -0.15) is 0 Å². The number of nitrogens with two attached hydrogens (primary N) is 2. The van der Waals surface area contributed by atoms with Gasteiger partial charge in [0.15, 0.2) is 5.96 Å². The highest BCUT2D eigenvalue weighted by atomic mass is 79.9. The van der Waals surface area contributed by atoms with Crippen molar-refractivity contribution < 1.29 is 33.5 Å². The number of hydrogen-bond acceptors (Lipinski definition) is 8. The zero-order valence-electron chi connectivity index (χ0n) is 33.5. The smallest absolute Gasteiger partial charge is 0.243 e. The van der Waals surface area contributed by atoms with Crippen molar-refractivity contribution in [2.75, 3.05) is 19.7 Å².